The molecule has 138 valence electrons. The van der Waals surface area contributed by atoms with Crippen LogP contribution < -0.4 is 21.1 Å². The van der Waals surface area contributed by atoms with E-state index in [2.05, 4.69) is 15.6 Å². The highest BCUT2D eigenvalue weighted by Crippen LogP contribution is 2.21. The van der Waals surface area contributed by atoms with Gasteiger partial charge in [-0.2, -0.15) is 0 Å². The molecule has 0 saturated heterocycles. The molecule has 7 nitrogen and oxygen atoms in total. The Balaban J connectivity index is 1.72. The molecule has 0 atom stereocenters. The standard InChI is InChI=1S/C20H20N4O3/c1-12-17(9-14-5-8-16(27-2)10-18(14)23-12)19(25)22-11-13-3-6-15(7-4-13)24-20(21)26/h3-10H,11H2,1-2H3,(H,22,25)(H3,21,24,26). The number of anilines is 1. The Morgan fingerprint density at radius 1 is 1.11 bits per heavy atom. The molecule has 0 aliphatic rings. The number of fused-ring (bicyclic) bond motifs is 1. The molecular weight excluding hydrogens is 344 g/mol. The largest absolute Gasteiger partial charge is 0.497 e. The van der Waals surface area contributed by atoms with Crippen molar-refractivity contribution in [3.63, 3.8) is 0 Å². The second-order valence-corrected chi connectivity index (χ2v) is 6.05. The Bertz CT molecular complexity index is 1000. The fourth-order valence-corrected chi connectivity index (χ4v) is 2.73. The number of aromatic nitrogens is 1. The van der Waals surface area contributed by atoms with E-state index in [1.165, 1.54) is 0 Å². The predicted octanol–water partition coefficient (Wildman–Crippen LogP) is 2.97. The second-order valence-electron chi connectivity index (χ2n) is 6.05. The van der Waals surface area contributed by atoms with Gasteiger partial charge >= 0.3 is 6.03 Å². The number of nitrogens with two attached hydrogens (primary N) is 1. The van der Waals surface area contributed by atoms with Crippen LogP contribution in [0.25, 0.3) is 10.9 Å². The van der Waals surface area contributed by atoms with Crippen LogP contribution in [0.15, 0.2) is 48.5 Å². The number of ether oxygens (including phenoxy) is 1. The van der Waals surface area contributed by atoms with Gasteiger partial charge in [-0.3, -0.25) is 9.78 Å². The highest BCUT2D eigenvalue weighted by atomic mass is 16.5. The third-order valence-electron chi connectivity index (χ3n) is 4.13. The van der Waals surface area contributed by atoms with Crippen LogP contribution >= 0.6 is 0 Å². The lowest BCUT2D eigenvalue weighted by Gasteiger charge is -2.10. The SMILES string of the molecule is COc1ccc2cc(C(=O)NCc3ccc(NC(N)=O)cc3)c(C)nc2c1. The van der Waals surface area contributed by atoms with E-state index in [4.69, 9.17) is 10.5 Å². The quantitative estimate of drug-likeness (QED) is 0.647. The van der Waals surface area contributed by atoms with E-state index in [1.807, 2.05) is 36.4 Å². The molecule has 0 aliphatic carbocycles. The lowest BCUT2D eigenvalue weighted by atomic mass is 10.1. The van der Waals surface area contributed by atoms with Gasteiger partial charge in [0.05, 0.1) is 23.9 Å². The van der Waals surface area contributed by atoms with Crippen LogP contribution in [0.2, 0.25) is 0 Å². The zero-order valence-electron chi connectivity index (χ0n) is 15.1. The predicted molar refractivity (Wildman–Crippen MR) is 104 cm³/mol. The fraction of sp³-hybridized carbons (Fsp3) is 0.150. The number of carbonyl (C=O) groups is 2. The maximum absolute atomic E-state index is 12.6. The van der Waals surface area contributed by atoms with Crippen LogP contribution in [0, 0.1) is 6.92 Å². The molecule has 0 radical (unpaired) electrons. The van der Waals surface area contributed by atoms with Crippen molar-refractivity contribution < 1.29 is 14.3 Å². The molecule has 3 aromatic rings. The van der Waals surface area contributed by atoms with Gasteiger partial charge in [0.2, 0.25) is 0 Å². The van der Waals surface area contributed by atoms with Gasteiger partial charge in [0, 0.05) is 23.7 Å². The Labute approximate surface area is 156 Å². The molecule has 4 N–H and O–H groups in total. The first-order chi connectivity index (χ1) is 13.0. The van der Waals surface area contributed by atoms with Gasteiger partial charge < -0.3 is 21.1 Å². The van der Waals surface area contributed by atoms with Gasteiger partial charge in [-0.1, -0.05) is 12.1 Å². The Hall–Kier alpha value is -3.61. The van der Waals surface area contributed by atoms with E-state index in [0.717, 1.165) is 22.2 Å². The van der Waals surface area contributed by atoms with Gasteiger partial charge in [-0.25, -0.2) is 4.79 Å². The summed E-state index contributed by atoms with van der Waals surface area (Å²) in [6, 6.07) is 13.8. The Morgan fingerprint density at radius 2 is 1.85 bits per heavy atom. The van der Waals surface area contributed by atoms with Crippen LogP contribution in [-0.4, -0.2) is 24.0 Å². The second kappa shape index (κ2) is 7.74. The summed E-state index contributed by atoms with van der Waals surface area (Å²) < 4.78 is 5.21. The number of carbonyl (C=O) groups excluding carboxylic acids is 2. The van der Waals surface area contributed by atoms with Crippen LogP contribution in [0.1, 0.15) is 21.6 Å². The molecule has 3 rings (SSSR count). The highest BCUT2D eigenvalue weighted by molar-refractivity contribution is 5.98. The van der Waals surface area contributed by atoms with Crippen molar-refractivity contribution in [2.45, 2.75) is 13.5 Å². The number of nitrogens with zero attached hydrogens (tertiary/aromatic N) is 1. The minimum atomic E-state index is -0.618. The topological polar surface area (TPSA) is 106 Å². The maximum Gasteiger partial charge on any atom is 0.316 e. The molecule has 3 amide bonds. The average Bonchev–Trinajstić information content (AvgIpc) is 2.65. The molecule has 0 saturated carbocycles. The molecule has 0 unspecified atom stereocenters. The molecule has 0 bridgehead atoms. The van der Waals surface area contributed by atoms with Crippen molar-refractivity contribution in [3.8, 4) is 5.75 Å². The van der Waals surface area contributed by atoms with Crippen LogP contribution in [-0.2, 0) is 6.54 Å². The first kappa shape index (κ1) is 18.2. The third-order valence-corrected chi connectivity index (χ3v) is 4.13. The van der Waals surface area contributed by atoms with Gasteiger partial charge in [-0.15, -0.1) is 0 Å². The van der Waals surface area contributed by atoms with E-state index < -0.39 is 6.03 Å². The minimum absolute atomic E-state index is 0.197. The highest BCUT2D eigenvalue weighted by Gasteiger charge is 2.12. The van der Waals surface area contributed by atoms with E-state index >= 15 is 0 Å². The summed E-state index contributed by atoms with van der Waals surface area (Å²) >= 11 is 0. The number of urea groups is 1. The van der Waals surface area contributed by atoms with Crippen LogP contribution in [0.4, 0.5) is 10.5 Å². The van der Waals surface area contributed by atoms with Crippen molar-refractivity contribution in [2.75, 3.05) is 12.4 Å². The van der Waals surface area contributed by atoms with Gasteiger partial charge in [-0.05, 0) is 42.8 Å². The molecule has 7 heteroatoms. The average molecular weight is 364 g/mol. The van der Waals surface area contributed by atoms with Gasteiger partial charge in [0.25, 0.3) is 5.91 Å². The minimum Gasteiger partial charge on any atom is -0.497 e. The summed E-state index contributed by atoms with van der Waals surface area (Å²) in [6.45, 7) is 2.16. The zero-order chi connectivity index (χ0) is 19.4. The molecule has 0 spiro atoms. The Kier molecular flexibility index (Phi) is 5.21. The molecule has 1 aromatic heterocycles. The smallest absolute Gasteiger partial charge is 0.316 e. The number of amides is 3. The summed E-state index contributed by atoms with van der Waals surface area (Å²) in [7, 11) is 1.60. The first-order valence-corrected chi connectivity index (χ1v) is 8.35. The summed E-state index contributed by atoms with van der Waals surface area (Å²) in [5, 5.41) is 6.25. The van der Waals surface area contributed by atoms with E-state index in [9.17, 15) is 9.59 Å². The van der Waals surface area contributed by atoms with E-state index in [-0.39, 0.29) is 5.91 Å². The summed E-state index contributed by atoms with van der Waals surface area (Å²) in [4.78, 5) is 27.9. The molecular formula is C20H20N4O3. The van der Waals surface area contributed by atoms with Gasteiger partial charge in [0.1, 0.15) is 5.75 Å². The van der Waals surface area contributed by atoms with Crippen molar-refractivity contribution in [1.82, 2.24) is 10.3 Å². The molecule has 27 heavy (non-hydrogen) atoms. The van der Waals surface area contributed by atoms with E-state index in [1.54, 1.807) is 26.2 Å². The molecule has 2 aromatic carbocycles. The number of nitrogens with one attached hydrogen (secondary N) is 2. The zero-order valence-corrected chi connectivity index (χ0v) is 15.1. The number of methoxy groups -OCH3 is 1. The number of primary amides is 1. The van der Waals surface area contributed by atoms with Gasteiger partial charge in [0.15, 0.2) is 0 Å². The summed E-state index contributed by atoms with van der Waals surface area (Å²) in [5.41, 5.74) is 8.53. The number of rotatable bonds is 5. The lowest BCUT2D eigenvalue weighted by molar-refractivity contribution is 0.0950. The fourth-order valence-electron chi connectivity index (χ4n) is 2.73. The number of pyridine rings is 1. The van der Waals surface area contributed by atoms with Crippen LogP contribution in [0.5, 0.6) is 5.75 Å². The molecule has 0 aliphatic heterocycles. The van der Waals surface area contributed by atoms with E-state index in [0.29, 0.717) is 23.5 Å². The third kappa shape index (κ3) is 4.33. The summed E-state index contributed by atoms with van der Waals surface area (Å²) in [6.07, 6.45) is 0. The van der Waals surface area contributed by atoms with Crippen molar-refractivity contribution >= 4 is 28.5 Å². The van der Waals surface area contributed by atoms with Crippen molar-refractivity contribution in [2.24, 2.45) is 5.73 Å². The number of aryl methyl sites for hydroxylation is 1. The number of hydrogen-bond donors (Lipinski definition) is 3. The number of hydrogen-bond acceptors (Lipinski definition) is 4. The monoisotopic (exact) mass is 364 g/mol. The lowest BCUT2D eigenvalue weighted by Crippen LogP contribution is -2.24. The first-order valence-electron chi connectivity index (χ1n) is 8.35. The maximum atomic E-state index is 12.6. The molecule has 1 heterocycles. The summed E-state index contributed by atoms with van der Waals surface area (Å²) in [5.74, 6) is 0.526. The van der Waals surface area contributed by atoms with Crippen LogP contribution in [0.3, 0.4) is 0 Å². The molecule has 0 fully saturated rings. The Morgan fingerprint density at radius 3 is 2.52 bits per heavy atom. The van der Waals surface area contributed by atoms with Crippen molar-refractivity contribution in [3.05, 3.63) is 65.4 Å². The normalized spacial score (nSPS) is 10.4. The number of benzene rings is 2. The van der Waals surface area contributed by atoms with Crippen molar-refractivity contribution in [1.29, 1.82) is 0 Å².